The maximum absolute atomic E-state index is 5.27. The topological polar surface area (TPSA) is 9.23 Å². The zero-order chi connectivity index (χ0) is 7.84. The van der Waals surface area contributed by atoms with E-state index in [0.717, 1.165) is 11.8 Å². The molecule has 1 heteroatoms. The Bertz CT molecular complexity index is 193. The fourth-order valence-corrected chi connectivity index (χ4v) is 2.62. The lowest BCUT2D eigenvalue weighted by Crippen LogP contribution is -2.01. The van der Waals surface area contributed by atoms with Crippen molar-refractivity contribution in [2.45, 2.75) is 32.6 Å². The van der Waals surface area contributed by atoms with Crippen LogP contribution in [-0.4, -0.2) is 7.11 Å². The van der Waals surface area contributed by atoms with Gasteiger partial charge in [-0.3, -0.25) is 0 Å². The van der Waals surface area contributed by atoms with E-state index in [2.05, 4.69) is 6.92 Å². The first kappa shape index (κ1) is 7.20. The molecule has 11 heavy (non-hydrogen) atoms. The molecule has 2 aliphatic rings. The Morgan fingerprint density at radius 2 is 2.27 bits per heavy atom. The molecule has 0 aliphatic heterocycles. The van der Waals surface area contributed by atoms with E-state index in [4.69, 9.17) is 4.74 Å². The largest absolute Gasteiger partial charge is 0.501 e. The molecule has 0 aromatic rings. The van der Waals surface area contributed by atoms with Crippen LogP contribution in [0, 0.1) is 11.8 Å². The van der Waals surface area contributed by atoms with Gasteiger partial charge in [0.15, 0.2) is 0 Å². The maximum atomic E-state index is 5.27. The molecule has 0 spiro atoms. The smallest absolute Gasteiger partial charge is 0.0919 e. The monoisotopic (exact) mass is 152 g/mol. The molecule has 2 aliphatic carbocycles. The van der Waals surface area contributed by atoms with Gasteiger partial charge in [-0.1, -0.05) is 0 Å². The van der Waals surface area contributed by atoms with E-state index in [1.54, 1.807) is 12.7 Å². The van der Waals surface area contributed by atoms with Gasteiger partial charge in [0.05, 0.1) is 12.9 Å². The van der Waals surface area contributed by atoms with Crippen LogP contribution in [0.5, 0.6) is 0 Å². The first-order valence-electron chi connectivity index (χ1n) is 4.55. The van der Waals surface area contributed by atoms with Crippen LogP contribution >= 0.6 is 0 Å². The van der Waals surface area contributed by atoms with Crippen LogP contribution in [0.25, 0.3) is 0 Å². The molecule has 2 fully saturated rings. The van der Waals surface area contributed by atoms with Crippen LogP contribution in [0.4, 0.5) is 0 Å². The summed E-state index contributed by atoms with van der Waals surface area (Å²) >= 11 is 0. The molecule has 0 aromatic heterocycles. The molecule has 2 unspecified atom stereocenters. The SMILES string of the molecule is CO/C(C)=C1/CC2CCC1C2. The predicted octanol–water partition coefficient (Wildman–Crippen LogP) is 2.73. The predicted molar refractivity (Wildman–Crippen MR) is 45.2 cm³/mol. The van der Waals surface area contributed by atoms with Gasteiger partial charge in [0.2, 0.25) is 0 Å². The average Bonchev–Trinajstić information content (AvgIpc) is 2.62. The fraction of sp³-hybridized carbons (Fsp3) is 0.800. The van der Waals surface area contributed by atoms with Crippen molar-refractivity contribution in [1.29, 1.82) is 0 Å². The molecule has 2 saturated carbocycles. The Hall–Kier alpha value is -0.460. The highest BCUT2D eigenvalue weighted by Gasteiger charge is 2.36. The fourth-order valence-electron chi connectivity index (χ4n) is 2.62. The summed E-state index contributed by atoms with van der Waals surface area (Å²) in [5.41, 5.74) is 1.61. The van der Waals surface area contributed by atoms with E-state index in [0.29, 0.717) is 0 Å². The van der Waals surface area contributed by atoms with Gasteiger partial charge in [-0.15, -0.1) is 0 Å². The number of methoxy groups -OCH3 is 1. The minimum Gasteiger partial charge on any atom is -0.501 e. The summed E-state index contributed by atoms with van der Waals surface area (Å²) in [6, 6.07) is 0. The zero-order valence-corrected chi connectivity index (χ0v) is 7.39. The van der Waals surface area contributed by atoms with Crippen molar-refractivity contribution in [3.05, 3.63) is 11.3 Å². The molecular weight excluding hydrogens is 136 g/mol. The van der Waals surface area contributed by atoms with Gasteiger partial charge in [0.1, 0.15) is 0 Å². The summed E-state index contributed by atoms with van der Waals surface area (Å²) in [7, 11) is 1.79. The minimum absolute atomic E-state index is 0.889. The molecule has 0 amide bonds. The van der Waals surface area contributed by atoms with E-state index in [1.165, 1.54) is 31.4 Å². The quantitative estimate of drug-likeness (QED) is 0.525. The molecule has 2 atom stereocenters. The van der Waals surface area contributed by atoms with Crippen LogP contribution in [-0.2, 0) is 4.74 Å². The van der Waals surface area contributed by atoms with Gasteiger partial charge in [0, 0.05) is 0 Å². The lowest BCUT2D eigenvalue weighted by atomic mass is 9.94. The lowest BCUT2D eigenvalue weighted by Gasteiger charge is -2.15. The normalized spacial score (nSPS) is 39.5. The second-order valence-corrected chi connectivity index (χ2v) is 3.87. The van der Waals surface area contributed by atoms with Crippen molar-refractivity contribution in [3.8, 4) is 0 Å². The second-order valence-electron chi connectivity index (χ2n) is 3.87. The third kappa shape index (κ3) is 1.07. The van der Waals surface area contributed by atoms with Crippen molar-refractivity contribution in [1.82, 2.24) is 0 Å². The number of fused-ring (bicyclic) bond motifs is 2. The molecule has 2 bridgehead atoms. The van der Waals surface area contributed by atoms with Crippen LogP contribution in [0.3, 0.4) is 0 Å². The number of hydrogen-bond acceptors (Lipinski definition) is 1. The van der Waals surface area contributed by atoms with E-state index in [-0.39, 0.29) is 0 Å². The van der Waals surface area contributed by atoms with Crippen LogP contribution < -0.4 is 0 Å². The Labute approximate surface area is 68.4 Å². The molecule has 0 N–H and O–H groups in total. The summed E-state index contributed by atoms with van der Waals surface area (Å²) < 4.78 is 5.27. The third-order valence-corrected chi connectivity index (χ3v) is 3.30. The highest BCUT2D eigenvalue weighted by atomic mass is 16.5. The Morgan fingerprint density at radius 1 is 1.45 bits per heavy atom. The highest BCUT2D eigenvalue weighted by molar-refractivity contribution is 5.19. The Kier molecular flexibility index (Phi) is 1.67. The molecule has 0 heterocycles. The van der Waals surface area contributed by atoms with Gasteiger partial charge < -0.3 is 4.74 Å². The number of allylic oxidation sites excluding steroid dienone is 2. The van der Waals surface area contributed by atoms with Crippen molar-refractivity contribution in [3.63, 3.8) is 0 Å². The first-order chi connectivity index (χ1) is 5.31. The van der Waals surface area contributed by atoms with Gasteiger partial charge in [-0.05, 0) is 50.0 Å². The maximum Gasteiger partial charge on any atom is 0.0919 e. The van der Waals surface area contributed by atoms with Crippen molar-refractivity contribution >= 4 is 0 Å². The minimum atomic E-state index is 0.889. The Balaban J connectivity index is 2.18. The summed E-state index contributed by atoms with van der Waals surface area (Å²) in [6.07, 6.45) is 5.65. The lowest BCUT2D eigenvalue weighted by molar-refractivity contribution is 0.281. The van der Waals surface area contributed by atoms with Crippen molar-refractivity contribution in [2.24, 2.45) is 11.8 Å². The first-order valence-corrected chi connectivity index (χ1v) is 4.55. The molecule has 1 nitrogen and oxygen atoms in total. The van der Waals surface area contributed by atoms with Crippen molar-refractivity contribution in [2.75, 3.05) is 7.11 Å². The highest BCUT2D eigenvalue weighted by Crippen LogP contribution is 2.48. The number of rotatable bonds is 1. The Morgan fingerprint density at radius 3 is 2.73 bits per heavy atom. The van der Waals surface area contributed by atoms with Crippen LogP contribution in [0.15, 0.2) is 11.3 Å². The van der Waals surface area contributed by atoms with E-state index < -0.39 is 0 Å². The van der Waals surface area contributed by atoms with E-state index >= 15 is 0 Å². The summed E-state index contributed by atoms with van der Waals surface area (Å²) in [6.45, 7) is 2.11. The van der Waals surface area contributed by atoms with Crippen molar-refractivity contribution < 1.29 is 4.74 Å². The molecular formula is C10H16O. The number of hydrogen-bond donors (Lipinski definition) is 0. The zero-order valence-electron chi connectivity index (χ0n) is 7.39. The molecule has 0 aromatic carbocycles. The van der Waals surface area contributed by atoms with Gasteiger partial charge in [-0.2, -0.15) is 0 Å². The van der Waals surface area contributed by atoms with Gasteiger partial charge in [0.25, 0.3) is 0 Å². The molecule has 0 saturated heterocycles. The summed E-state index contributed by atoms with van der Waals surface area (Å²) in [4.78, 5) is 0. The summed E-state index contributed by atoms with van der Waals surface area (Å²) in [5.74, 6) is 3.08. The molecule has 2 rings (SSSR count). The average molecular weight is 152 g/mol. The third-order valence-electron chi connectivity index (χ3n) is 3.30. The van der Waals surface area contributed by atoms with E-state index in [1.807, 2.05) is 0 Å². The standard InChI is InChI=1S/C10H16O/c1-7(11-2)10-6-8-3-4-9(10)5-8/h8-9H,3-6H2,1-2H3/b10-7-. The molecule has 0 radical (unpaired) electrons. The van der Waals surface area contributed by atoms with Gasteiger partial charge in [-0.25, -0.2) is 0 Å². The van der Waals surface area contributed by atoms with Gasteiger partial charge >= 0.3 is 0 Å². The van der Waals surface area contributed by atoms with E-state index in [9.17, 15) is 0 Å². The number of ether oxygens (including phenoxy) is 1. The van der Waals surface area contributed by atoms with Crippen LogP contribution in [0.1, 0.15) is 32.6 Å². The van der Waals surface area contributed by atoms with Crippen LogP contribution in [0.2, 0.25) is 0 Å². The molecule has 62 valence electrons. The second kappa shape index (κ2) is 2.54. The summed E-state index contributed by atoms with van der Waals surface area (Å²) in [5, 5.41) is 0.